The van der Waals surface area contributed by atoms with Crippen LogP contribution in [0.4, 0.5) is 0 Å². The SMILES string of the molecule is NC[C@@H]1CCCCN1C(=O)CCn1cccn1. The molecule has 17 heavy (non-hydrogen) atoms. The minimum atomic E-state index is 0.204. The summed E-state index contributed by atoms with van der Waals surface area (Å²) in [5.41, 5.74) is 5.71. The Labute approximate surface area is 102 Å². The molecule has 0 aromatic carbocycles. The van der Waals surface area contributed by atoms with Gasteiger partial charge in [-0.25, -0.2) is 0 Å². The van der Waals surface area contributed by atoms with Crippen LogP contribution in [0.15, 0.2) is 18.5 Å². The first-order valence-electron chi connectivity index (χ1n) is 6.28. The Hall–Kier alpha value is -1.36. The number of aromatic nitrogens is 2. The first-order chi connectivity index (χ1) is 8.31. The minimum Gasteiger partial charge on any atom is -0.338 e. The number of piperidine rings is 1. The average molecular weight is 236 g/mol. The van der Waals surface area contributed by atoms with Crippen molar-refractivity contribution in [2.45, 2.75) is 38.3 Å². The van der Waals surface area contributed by atoms with Gasteiger partial charge in [0, 0.05) is 44.5 Å². The molecule has 5 nitrogen and oxygen atoms in total. The lowest BCUT2D eigenvalue weighted by Crippen LogP contribution is -2.47. The Balaban J connectivity index is 1.85. The van der Waals surface area contributed by atoms with Crippen molar-refractivity contribution in [3.63, 3.8) is 0 Å². The molecule has 5 heteroatoms. The van der Waals surface area contributed by atoms with Crippen LogP contribution in [-0.4, -0.2) is 39.7 Å². The molecule has 1 aliphatic heterocycles. The zero-order valence-electron chi connectivity index (χ0n) is 10.1. The van der Waals surface area contributed by atoms with E-state index in [9.17, 15) is 4.79 Å². The molecule has 2 N–H and O–H groups in total. The van der Waals surface area contributed by atoms with Crippen molar-refractivity contribution in [3.05, 3.63) is 18.5 Å². The van der Waals surface area contributed by atoms with E-state index in [-0.39, 0.29) is 11.9 Å². The van der Waals surface area contributed by atoms with Gasteiger partial charge in [-0.3, -0.25) is 9.48 Å². The Morgan fingerprint density at radius 1 is 1.47 bits per heavy atom. The number of hydrogen-bond acceptors (Lipinski definition) is 3. The third kappa shape index (κ3) is 3.06. The zero-order chi connectivity index (χ0) is 12.1. The quantitative estimate of drug-likeness (QED) is 0.833. The number of carbonyl (C=O) groups is 1. The maximum atomic E-state index is 12.1. The van der Waals surface area contributed by atoms with Crippen molar-refractivity contribution in [2.75, 3.05) is 13.1 Å². The predicted octanol–water partition coefficient (Wildman–Crippen LogP) is 0.613. The number of nitrogens with zero attached hydrogens (tertiary/aromatic N) is 3. The van der Waals surface area contributed by atoms with Crippen molar-refractivity contribution in [2.24, 2.45) is 5.73 Å². The molecule has 1 aromatic heterocycles. The van der Waals surface area contributed by atoms with E-state index in [0.717, 1.165) is 19.4 Å². The Morgan fingerprint density at radius 2 is 2.35 bits per heavy atom. The van der Waals surface area contributed by atoms with Gasteiger partial charge >= 0.3 is 0 Å². The largest absolute Gasteiger partial charge is 0.338 e. The Kier molecular flexibility index (Phi) is 4.14. The van der Waals surface area contributed by atoms with Crippen LogP contribution < -0.4 is 5.73 Å². The fraction of sp³-hybridized carbons (Fsp3) is 0.667. The Bertz CT molecular complexity index is 349. The van der Waals surface area contributed by atoms with E-state index in [1.807, 2.05) is 17.2 Å². The van der Waals surface area contributed by atoms with E-state index in [1.165, 1.54) is 6.42 Å². The molecule has 0 radical (unpaired) electrons. The summed E-state index contributed by atoms with van der Waals surface area (Å²) < 4.78 is 1.79. The lowest BCUT2D eigenvalue weighted by molar-refractivity contribution is -0.134. The van der Waals surface area contributed by atoms with Crippen molar-refractivity contribution in [1.82, 2.24) is 14.7 Å². The minimum absolute atomic E-state index is 0.204. The van der Waals surface area contributed by atoms with E-state index < -0.39 is 0 Å². The average Bonchev–Trinajstić information content (AvgIpc) is 2.89. The topological polar surface area (TPSA) is 64.2 Å². The van der Waals surface area contributed by atoms with E-state index >= 15 is 0 Å². The molecule has 0 saturated carbocycles. The van der Waals surface area contributed by atoms with Gasteiger partial charge in [-0.05, 0) is 25.3 Å². The smallest absolute Gasteiger partial charge is 0.224 e. The van der Waals surface area contributed by atoms with Gasteiger partial charge in [0.15, 0.2) is 0 Å². The van der Waals surface area contributed by atoms with Gasteiger partial charge < -0.3 is 10.6 Å². The maximum Gasteiger partial charge on any atom is 0.224 e. The molecule has 1 saturated heterocycles. The van der Waals surface area contributed by atoms with Crippen LogP contribution >= 0.6 is 0 Å². The number of hydrogen-bond donors (Lipinski definition) is 1. The van der Waals surface area contributed by atoms with Crippen LogP contribution in [-0.2, 0) is 11.3 Å². The molecule has 0 unspecified atom stereocenters. The molecular weight excluding hydrogens is 216 g/mol. The summed E-state index contributed by atoms with van der Waals surface area (Å²) in [5.74, 6) is 0.204. The van der Waals surface area contributed by atoms with Crippen molar-refractivity contribution in [1.29, 1.82) is 0 Å². The summed E-state index contributed by atoms with van der Waals surface area (Å²) in [7, 11) is 0. The van der Waals surface area contributed by atoms with E-state index in [4.69, 9.17) is 5.73 Å². The van der Waals surface area contributed by atoms with Crippen LogP contribution in [0.25, 0.3) is 0 Å². The van der Waals surface area contributed by atoms with Crippen molar-refractivity contribution in [3.8, 4) is 0 Å². The summed E-state index contributed by atoms with van der Waals surface area (Å²) >= 11 is 0. The highest BCUT2D eigenvalue weighted by Gasteiger charge is 2.24. The first kappa shape index (κ1) is 12.1. The molecule has 0 spiro atoms. The van der Waals surface area contributed by atoms with Gasteiger partial charge in [0.25, 0.3) is 0 Å². The number of rotatable bonds is 4. The lowest BCUT2D eigenvalue weighted by atomic mass is 10.0. The monoisotopic (exact) mass is 236 g/mol. The normalized spacial score (nSPS) is 20.5. The van der Waals surface area contributed by atoms with E-state index in [2.05, 4.69) is 5.10 Å². The van der Waals surface area contributed by atoms with Gasteiger partial charge in [-0.1, -0.05) is 0 Å². The number of aryl methyl sites for hydroxylation is 1. The second-order valence-electron chi connectivity index (χ2n) is 4.49. The lowest BCUT2D eigenvalue weighted by Gasteiger charge is -2.35. The van der Waals surface area contributed by atoms with E-state index in [0.29, 0.717) is 19.5 Å². The first-order valence-corrected chi connectivity index (χ1v) is 6.28. The fourth-order valence-electron chi connectivity index (χ4n) is 2.36. The highest BCUT2D eigenvalue weighted by Crippen LogP contribution is 2.17. The molecule has 1 aromatic rings. The number of carbonyl (C=O) groups excluding carboxylic acids is 1. The molecule has 1 amide bonds. The van der Waals surface area contributed by atoms with Crippen LogP contribution in [0, 0.1) is 0 Å². The molecule has 2 heterocycles. The molecule has 0 aliphatic carbocycles. The molecule has 2 rings (SSSR count). The van der Waals surface area contributed by atoms with Crippen LogP contribution in [0.3, 0.4) is 0 Å². The van der Waals surface area contributed by atoms with Crippen LogP contribution in [0.2, 0.25) is 0 Å². The zero-order valence-corrected chi connectivity index (χ0v) is 10.1. The molecule has 1 aliphatic rings. The summed E-state index contributed by atoms with van der Waals surface area (Å²) in [6.45, 7) is 2.09. The summed E-state index contributed by atoms with van der Waals surface area (Å²) in [5, 5.41) is 4.09. The van der Waals surface area contributed by atoms with Crippen LogP contribution in [0.5, 0.6) is 0 Å². The van der Waals surface area contributed by atoms with Crippen molar-refractivity contribution < 1.29 is 4.79 Å². The van der Waals surface area contributed by atoms with Gasteiger partial charge in [-0.2, -0.15) is 5.10 Å². The second-order valence-corrected chi connectivity index (χ2v) is 4.49. The number of likely N-dealkylation sites (tertiary alicyclic amines) is 1. The summed E-state index contributed by atoms with van der Waals surface area (Å²) in [6.07, 6.45) is 7.45. The standard InChI is InChI=1S/C12H20N4O/c13-10-11-4-1-2-8-16(11)12(17)5-9-15-7-3-6-14-15/h3,6-7,11H,1-2,4-5,8-10,13H2/t11-/m0/s1. The molecular formula is C12H20N4O. The molecule has 0 bridgehead atoms. The van der Waals surface area contributed by atoms with Crippen molar-refractivity contribution >= 4 is 5.91 Å². The highest BCUT2D eigenvalue weighted by molar-refractivity contribution is 5.76. The number of amides is 1. The second kappa shape index (κ2) is 5.82. The Morgan fingerprint density at radius 3 is 3.06 bits per heavy atom. The fourth-order valence-corrected chi connectivity index (χ4v) is 2.36. The maximum absolute atomic E-state index is 12.1. The van der Waals surface area contributed by atoms with E-state index in [1.54, 1.807) is 10.9 Å². The van der Waals surface area contributed by atoms with Gasteiger partial charge in [-0.15, -0.1) is 0 Å². The third-order valence-corrected chi connectivity index (χ3v) is 3.33. The van der Waals surface area contributed by atoms with Gasteiger partial charge in [0.1, 0.15) is 0 Å². The van der Waals surface area contributed by atoms with Gasteiger partial charge in [0.2, 0.25) is 5.91 Å². The van der Waals surface area contributed by atoms with Gasteiger partial charge in [0.05, 0.1) is 0 Å². The van der Waals surface area contributed by atoms with Crippen LogP contribution in [0.1, 0.15) is 25.7 Å². The number of nitrogens with two attached hydrogens (primary N) is 1. The third-order valence-electron chi connectivity index (χ3n) is 3.33. The summed E-state index contributed by atoms with van der Waals surface area (Å²) in [4.78, 5) is 14.0. The molecule has 94 valence electrons. The predicted molar refractivity (Wildman–Crippen MR) is 65.3 cm³/mol. The molecule has 1 atom stereocenters. The molecule has 1 fully saturated rings. The summed E-state index contributed by atoms with van der Waals surface area (Å²) in [6, 6.07) is 2.11. The highest BCUT2D eigenvalue weighted by atomic mass is 16.2.